The van der Waals surface area contributed by atoms with Gasteiger partial charge in [0.15, 0.2) is 6.04 Å². The first kappa shape index (κ1) is 23.2. The molecule has 1 aliphatic carbocycles. The summed E-state index contributed by atoms with van der Waals surface area (Å²) in [4.78, 5) is 34.4. The lowest BCUT2D eigenvalue weighted by molar-refractivity contribution is -0.141. The Morgan fingerprint density at radius 1 is 1.00 bits per heavy atom. The SMILES string of the molecule is O=C(NC1CCCCC1)C(c1ccccn1)N(CCc1ccccc1)C(=O)Cc1cccs1. The molecule has 0 radical (unpaired) electrons. The molecule has 1 aliphatic rings. The summed E-state index contributed by atoms with van der Waals surface area (Å²) in [6.45, 7) is 0.452. The summed E-state index contributed by atoms with van der Waals surface area (Å²) in [5, 5.41) is 5.21. The van der Waals surface area contributed by atoms with Crippen LogP contribution in [0.1, 0.15) is 54.3 Å². The van der Waals surface area contributed by atoms with Crippen LogP contribution in [0.3, 0.4) is 0 Å². The predicted octanol–water partition coefficient (Wildman–Crippen LogP) is 4.95. The number of rotatable bonds is 9. The van der Waals surface area contributed by atoms with Crippen LogP contribution in [0, 0.1) is 0 Å². The highest BCUT2D eigenvalue weighted by Crippen LogP contribution is 2.24. The summed E-state index contributed by atoms with van der Waals surface area (Å²) >= 11 is 1.56. The van der Waals surface area contributed by atoms with Gasteiger partial charge in [0.1, 0.15) is 0 Å². The van der Waals surface area contributed by atoms with Crippen molar-refractivity contribution in [2.75, 3.05) is 6.54 Å². The Balaban J connectivity index is 1.61. The summed E-state index contributed by atoms with van der Waals surface area (Å²) in [5.74, 6) is -0.184. The Morgan fingerprint density at radius 3 is 2.48 bits per heavy atom. The number of hydrogen-bond donors (Lipinski definition) is 1. The highest BCUT2D eigenvalue weighted by Gasteiger charge is 2.33. The Labute approximate surface area is 199 Å². The van der Waals surface area contributed by atoms with Gasteiger partial charge in [-0.3, -0.25) is 14.6 Å². The van der Waals surface area contributed by atoms with Crippen molar-refractivity contribution >= 4 is 23.2 Å². The molecule has 1 saturated carbocycles. The Morgan fingerprint density at radius 2 is 1.79 bits per heavy atom. The molecule has 5 nitrogen and oxygen atoms in total. The second-order valence-corrected chi connectivity index (χ2v) is 9.61. The molecule has 4 rings (SSSR count). The van der Waals surface area contributed by atoms with E-state index in [-0.39, 0.29) is 24.3 Å². The van der Waals surface area contributed by atoms with E-state index in [9.17, 15) is 9.59 Å². The number of nitrogens with one attached hydrogen (secondary N) is 1. The van der Waals surface area contributed by atoms with Gasteiger partial charge in [-0.15, -0.1) is 11.3 Å². The van der Waals surface area contributed by atoms with Crippen LogP contribution in [0.4, 0.5) is 0 Å². The number of benzene rings is 1. The standard InChI is InChI=1S/C27H31N3O2S/c31-25(20-23-14-9-19-33-23)30(18-16-21-10-3-1-4-11-21)26(24-15-7-8-17-28-24)27(32)29-22-12-5-2-6-13-22/h1,3-4,7-11,14-15,17,19,22,26H,2,5-6,12-13,16,18,20H2,(H,29,32). The van der Waals surface area contributed by atoms with Gasteiger partial charge in [-0.05, 0) is 48.4 Å². The number of nitrogens with zero attached hydrogens (tertiary/aromatic N) is 2. The van der Waals surface area contributed by atoms with Crippen molar-refractivity contribution in [1.82, 2.24) is 15.2 Å². The molecule has 3 aromatic rings. The second kappa shape index (κ2) is 11.8. The van der Waals surface area contributed by atoms with E-state index in [0.717, 1.165) is 36.1 Å². The molecule has 0 bridgehead atoms. The number of amides is 2. The molecule has 0 saturated heterocycles. The fourth-order valence-electron chi connectivity index (χ4n) is 4.46. The lowest BCUT2D eigenvalue weighted by atomic mass is 9.95. The number of thiophene rings is 1. The summed E-state index contributed by atoms with van der Waals surface area (Å²) < 4.78 is 0. The highest BCUT2D eigenvalue weighted by molar-refractivity contribution is 7.10. The van der Waals surface area contributed by atoms with Gasteiger partial charge in [-0.25, -0.2) is 0 Å². The summed E-state index contributed by atoms with van der Waals surface area (Å²) in [7, 11) is 0. The normalized spacial score (nSPS) is 15.0. The molecule has 6 heteroatoms. The topological polar surface area (TPSA) is 62.3 Å². The molecular formula is C27H31N3O2S. The van der Waals surface area contributed by atoms with Crippen LogP contribution in [0.5, 0.6) is 0 Å². The average molecular weight is 462 g/mol. The van der Waals surface area contributed by atoms with Crippen LogP contribution < -0.4 is 5.32 Å². The van der Waals surface area contributed by atoms with Gasteiger partial charge in [-0.1, -0.05) is 61.7 Å². The predicted molar refractivity (Wildman–Crippen MR) is 132 cm³/mol. The van der Waals surface area contributed by atoms with E-state index >= 15 is 0 Å². The molecule has 1 N–H and O–H groups in total. The fourth-order valence-corrected chi connectivity index (χ4v) is 5.15. The third-order valence-corrected chi connectivity index (χ3v) is 7.07. The van der Waals surface area contributed by atoms with E-state index < -0.39 is 6.04 Å². The van der Waals surface area contributed by atoms with Crippen LogP contribution in [-0.4, -0.2) is 34.3 Å². The number of carbonyl (C=O) groups excluding carboxylic acids is 2. The minimum atomic E-state index is -0.746. The Bertz CT molecular complexity index is 1000. The van der Waals surface area contributed by atoms with Gasteiger partial charge in [0.05, 0.1) is 12.1 Å². The van der Waals surface area contributed by atoms with E-state index in [2.05, 4.69) is 22.4 Å². The maximum Gasteiger partial charge on any atom is 0.249 e. The van der Waals surface area contributed by atoms with Gasteiger partial charge in [0.2, 0.25) is 11.8 Å². The third-order valence-electron chi connectivity index (χ3n) is 6.19. The number of pyridine rings is 1. The molecule has 0 aliphatic heterocycles. The van der Waals surface area contributed by atoms with Crippen molar-refractivity contribution in [1.29, 1.82) is 0 Å². The zero-order chi connectivity index (χ0) is 22.9. The fraction of sp³-hybridized carbons (Fsp3) is 0.370. The zero-order valence-electron chi connectivity index (χ0n) is 18.9. The monoisotopic (exact) mass is 461 g/mol. The largest absolute Gasteiger partial charge is 0.351 e. The van der Waals surface area contributed by atoms with Gasteiger partial charge < -0.3 is 10.2 Å². The maximum atomic E-state index is 13.6. The number of hydrogen-bond acceptors (Lipinski definition) is 4. The second-order valence-electron chi connectivity index (χ2n) is 8.58. The number of aromatic nitrogens is 1. The van der Waals surface area contributed by atoms with Crippen molar-refractivity contribution in [3.8, 4) is 0 Å². The molecule has 2 aromatic heterocycles. The van der Waals surface area contributed by atoms with E-state index in [1.54, 1.807) is 22.4 Å². The van der Waals surface area contributed by atoms with Crippen molar-refractivity contribution in [2.24, 2.45) is 0 Å². The summed E-state index contributed by atoms with van der Waals surface area (Å²) in [6, 6.07) is 19.0. The van der Waals surface area contributed by atoms with Gasteiger partial charge in [0.25, 0.3) is 0 Å². The van der Waals surface area contributed by atoms with E-state index in [1.807, 2.05) is 53.9 Å². The quantitative estimate of drug-likeness (QED) is 0.491. The molecule has 1 aromatic carbocycles. The molecular weight excluding hydrogens is 430 g/mol. The zero-order valence-corrected chi connectivity index (χ0v) is 19.7. The van der Waals surface area contributed by atoms with Gasteiger partial charge in [-0.2, -0.15) is 0 Å². The van der Waals surface area contributed by atoms with Gasteiger partial charge in [0, 0.05) is 23.7 Å². The maximum absolute atomic E-state index is 13.6. The van der Waals surface area contributed by atoms with Crippen LogP contribution in [-0.2, 0) is 22.4 Å². The van der Waals surface area contributed by atoms with Crippen LogP contribution >= 0.6 is 11.3 Å². The third kappa shape index (κ3) is 6.51. The van der Waals surface area contributed by atoms with E-state index in [4.69, 9.17) is 0 Å². The first-order valence-corrected chi connectivity index (χ1v) is 12.7. The first-order chi connectivity index (χ1) is 16.2. The minimum absolute atomic E-state index is 0.0529. The summed E-state index contributed by atoms with van der Waals surface area (Å²) in [6.07, 6.45) is 8.13. The summed E-state index contributed by atoms with van der Waals surface area (Å²) in [5.41, 5.74) is 1.75. The van der Waals surface area contributed by atoms with Crippen molar-refractivity contribution in [2.45, 2.75) is 57.0 Å². The van der Waals surface area contributed by atoms with Crippen LogP contribution in [0.15, 0.2) is 72.2 Å². The van der Waals surface area contributed by atoms with Crippen LogP contribution in [0.25, 0.3) is 0 Å². The molecule has 2 amide bonds. The van der Waals surface area contributed by atoms with E-state index in [0.29, 0.717) is 18.7 Å². The van der Waals surface area contributed by atoms with Crippen molar-refractivity contribution < 1.29 is 9.59 Å². The number of carbonyl (C=O) groups is 2. The first-order valence-electron chi connectivity index (χ1n) is 11.8. The molecule has 1 fully saturated rings. The molecule has 2 heterocycles. The Hall–Kier alpha value is -2.99. The minimum Gasteiger partial charge on any atom is -0.351 e. The average Bonchev–Trinajstić information content (AvgIpc) is 3.36. The van der Waals surface area contributed by atoms with Crippen molar-refractivity contribution in [3.05, 3.63) is 88.4 Å². The molecule has 1 atom stereocenters. The van der Waals surface area contributed by atoms with Crippen LogP contribution in [0.2, 0.25) is 0 Å². The van der Waals surface area contributed by atoms with Crippen molar-refractivity contribution in [3.63, 3.8) is 0 Å². The van der Waals surface area contributed by atoms with Gasteiger partial charge >= 0.3 is 0 Å². The Kier molecular flexibility index (Phi) is 8.25. The lowest BCUT2D eigenvalue weighted by Crippen LogP contribution is -2.48. The highest BCUT2D eigenvalue weighted by atomic mass is 32.1. The van der Waals surface area contributed by atoms with E-state index in [1.165, 1.54) is 6.42 Å². The molecule has 1 unspecified atom stereocenters. The molecule has 0 spiro atoms. The molecule has 172 valence electrons. The lowest BCUT2D eigenvalue weighted by Gasteiger charge is -2.33. The molecule has 33 heavy (non-hydrogen) atoms. The smallest absolute Gasteiger partial charge is 0.249 e.